The highest BCUT2D eigenvalue weighted by Gasteiger charge is 2.45. The first kappa shape index (κ1) is 13.4. The molecular weight excluding hydrogens is 206 g/mol. The number of nitrogens with zero attached hydrogens (tertiary/aromatic N) is 1. The Morgan fingerprint density at radius 2 is 1.71 bits per heavy atom. The summed E-state index contributed by atoms with van der Waals surface area (Å²) >= 11 is 0. The third-order valence-corrected chi connectivity index (χ3v) is 5.11. The Labute approximate surface area is 108 Å². The van der Waals surface area contributed by atoms with Gasteiger partial charge in [0.2, 0.25) is 0 Å². The van der Waals surface area contributed by atoms with Gasteiger partial charge < -0.3 is 4.90 Å². The molecule has 0 aromatic carbocycles. The molecule has 1 heteroatoms. The lowest BCUT2D eigenvalue weighted by Gasteiger charge is -2.53. The molecule has 0 bridgehead atoms. The predicted octanol–water partition coefficient (Wildman–Crippen LogP) is 4.32. The normalized spacial score (nSPS) is 26.1. The molecule has 1 saturated heterocycles. The van der Waals surface area contributed by atoms with Gasteiger partial charge in [-0.3, -0.25) is 0 Å². The van der Waals surface area contributed by atoms with E-state index in [0.29, 0.717) is 5.41 Å². The van der Waals surface area contributed by atoms with E-state index in [1.807, 2.05) is 0 Å². The number of rotatable bonds is 3. The van der Waals surface area contributed by atoms with Crippen molar-refractivity contribution >= 4 is 0 Å². The van der Waals surface area contributed by atoms with Crippen molar-refractivity contribution in [2.75, 3.05) is 19.6 Å². The van der Waals surface area contributed by atoms with E-state index in [0.717, 1.165) is 11.3 Å². The first-order valence-electron chi connectivity index (χ1n) is 7.65. The average Bonchev–Trinajstić information content (AvgIpc) is 2.23. The fourth-order valence-corrected chi connectivity index (χ4v) is 3.76. The van der Waals surface area contributed by atoms with Crippen LogP contribution in [0.5, 0.6) is 0 Å². The minimum atomic E-state index is 0.536. The van der Waals surface area contributed by atoms with Crippen LogP contribution in [0, 0.1) is 16.7 Å². The van der Waals surface area contributed by atoms with Gasteiger partial charge in [-0.2, -0.15) is 0 Å². The van der Waals surface area contributed by atoms with Gasteiger partial charge >= 0.3 is 0 Å². The fraction of sp³-hybridized carbons (Fsp3) is 1.00. The Kier molecular flexibility index (Phi) is 3.87. The summed E-state index contributed by atoms with van der Waals surface area (Å²) in [5.74, 6) is 1.06. The second-order valence-electron chi connectivity index (χ2n) is 7.81. The SMILES string of the molecule is CCN1CCC2(CC1)CC(CCC(C)(C)C)C2. The highest BCUT2D eigenvalue weighted by molar-refractivity contribution is 4.96. The van der Waals surface area contributed by atoms with Crippen molar-refractivity contribution in [3.63, 3.8) is 0 Å². The zero-order valence-corrected chi connectivity index (χ0v) is 12.4. The monoisotopic (exact) mass is 237 g/mol. The molecule has 1 spiro atoms. The number of likely N-dealkylation sites (tertiary alicyclic amines) is 1. The Morgan fingerprint density at radius 3 is 2.18 bits per heavy atom. The van der Waals surface area contributed by atoms with Gasteiger partial charge in [0.15, 0.2) is 0 Å². The van der Waals surface area contributed by atoms with Gasteiger partial charge in [0.25, 0.3) is 0 Å². The Bertz CT molecular complexity index is 235. The highest BCUT2D eigenvalue weighted by atomic mass is 15.1. The molecule has 0 amide bonds. The Morgan fingerprint density at radius 1 is 1.12 bits per heavy atom. The molecule has 2 rings (SSSR count). The smallest absolute Gasteiger partial charge is 0.00135 e. The number of hydrogen-bond donors (Lipinski definition) is 0. The van der Waals surface area contributed by atoms with E-state index in [-0.39, 0.29) is 0 Å². The average molecular weight is 237 g/mol. The minimum Gasteiger partial charge on any atom is -0.304 e. The van der Waals surface area contributed by atoms with Gasteiger partial charge in [0, 0.05) is 0 Å². The molecule has 1 nitrogen and oxygen atoms in total. The summed E-state index contributed by atoms with van der Waals surface area (Å²) in [5.41, 5.74) is 1.32. The Hall–Kier alpha value is -0.0400. The van der Waals surface area contributed by atoms with E-state index in [2.05, 4.69) is 32.6 Å². The molecule has 1 saturated carbocycles. The van der Waals surface area contributed by atoms with Crippen molar-refractivity contribution in [1.82, 2.24) is 4.90 Å². The van der Waals surface area contributed by atoms with Crippen molar-refractivity contribution in [3.05, 3.63) is 0 Å². The molecule has 0 unspecified atom stereocenters. The van der Waals surface area contributed by atoms with Crippen molar-refractivity contribution in [3.8, 4) is 0 Å². The summed E-state index contributed by atoms with van der Waals surface area (Å²) in [4.78, 5) is 2.62. The third kappa shape index (κ3) is 3.47. The van der Waals surface area contributed by atoms with E-state index in [1.165, 1.54) is 45.3 Å². The van der Waals surface area contributed by atoms with Crippen LogP contribution in [-0.2, 0) is 0 Å². The van der Waals surface area contributed by atoms with Crippen LogP contribution in [0.1, 0.15) is 66.2 Å². The fourth-order valence-electron chi connectivity index (χ4n) is 3.76. The maximum absolute atomic E-state index is 2.62. The molecule has 2 aliphatic rings. The van der Waals surface area contributed by atoms with Crippen LogP contribution in [0.2, 0.25) is 0 Å². The third-order valence-electron chi connectivity index (χ3n) is 5.11. The molecule has 1 aliphatic carbocycles. The lowest BCUT2D eigenvalue weighted by molar-refractivity contribution is -0.0183. The van der Waals surface area contributed by atoms with Crippen LogP contribution in [0.3, 0.4) is 0 Å². The topological polar surface area (TPSA) is 3.24 Å². The van der Waals surface area contributed by atoms with Crippen LogP contribution in [0.25, 0.3) is 0 Å². The second-order valence-corrected chi connectivity index (χ2v) is 7.81. The summed E-state index contributed by atoms with van der Waals surface area (Å²) in [6.07, 6.45) is 8.93. The highest BCUT2D eigenvalue weighted by Crippen LogP contribution is 2.54. The first-order chi connectivity index (χ1) is 7.92. The van der Waals surface area contributed by atoms with Crippen LogP contribution < -0.4 is 0 Å². The molecule has 100 valence electrons. The van der Waals surface area contributed by atoms with Crippen molar-refractivity contribution < 1.29 is 0 Å². The number of hydrogen-bond acceptors (Lipinski definition) is 1. The standard InChI is InChI=1S/C16H31N/c1-5-17-10-8-16(9-11-17)12-14(13-16)6-7-15(2,3)4/h14H,5-13H2,1-4H3. The maximum Gasteiger partial charge on any atom is -0.00135 e. The van der Waals surface area contributed by atoms with E-state index in [1.54, 1.807) is 12.8 Å². The summed E-state index contributed by atoms with van der Waals surface area (Å²) in [6, 6.07) is 0. The lowest BCUT2D eigenvalue weighted by atomic mass is 9.56. The second kappa shape index (κ2) is 4.91. The van der Waals surface area contributed by atoms with Crippen molar-refractivity contribution in [1.29, 1.82) is 0 Å². The molecule has 0 aromatic rings. The zero-order chi connectivity index (χ0) is 12.5. The molecule has 17 heavy (non-hydrogen) atoms. The summed E-state index contributed by atoms with van der Waals surface area (Å²) in [7, 11) is 0. The molecule has 1 heterocycles. The molecule has 0 radical (unpaired) electrons. The first-order valence-corrected chi connectivity index (χ1v) is 7.65. The van der Waals surface area contributed by atoms with E-state index in [4.69, 9.17) is 0 Å². The van der Waals surface area contributed by atoms with Gasteiger partial charge in [0.05, 0.1) is 0 Å². The molecular formula is C16H31N. The number of piperidine rings is 1. The predicted molar refractivity (Wildman–Crippen MR) is 75.2 cm³/mol. The van der Waals surface area contributed by atoms with E-state index in [9.17, 15) is 0 Å². The lowest BCUT2D eigenvalue weighted by Crippen LogP contribution is -2.47. The molecule has 0 atom stereocenters. The van der Waals surface area contributed by atoms with Crippen LogP contribution in [-0.4, -0.2) is 24.5 Å². The molecule has 1 aliphatic heterocycles. The van der Waals surface area contributed by atoms with Crippen LogP contribution >= 0.6 is 0 Å². The maximum atomic E-state index is 2.62. The van der Waals surface area contributed by atoms with Crippen LogP contribution in [0.15, 0.2) is 0 Å². The van der Waals surface area contributed by atoms with Gasteiger partial charge in [0.1, 0.15) is 0 Å². The quantitative estimate of drug-likeness (QED) is 0.706. The molecule has 0 N–H and O–H groups in total. The molecule has 0 aromatic heterocycles. The van der Waals surface area contributed by atoms with Gasteiger partial charge in [-0.25, -0.2) is 0 Å². The minimum absolute atomic E-state index is 0.536. The summed E-state index contributed by atoms with van der Waals surface area (Å²) in [5, 5.41) is 0. The van der Waals surface area contributed by atoms with Gasteiger partial charge in [-0.05, 0) is 74.9 Å². The van der Waals surface area contributed by atoms with Crippen molar-refractivity contribution in [2.24, 2.45) is 16.7 Å². The summed E-state index contributed by atoms with van der Waals surface area (Å²) < 4.78 is 0. The zero-order valence-electron chi connectivity index (χ0n) is 12.4. The molecule has 2 fully saturated rings. The summed E-state index contributed by atoms with van der Waals surface area (Å²) in [6.45, 7) is 13.4. The van der Waals surface area contributed by atoms with E-state index < -0.39 is 0 Å². The van der Waals surface area contributed by atoms with Gasteiger partial charge in [-0.1, -0.05) is 27.7 Å². The van der Waals surface area contributed by atoms with Crippen LogP contribution in [0.4, 0.5) is 0 Å². The van der Waals surface area contributed by atoms with Crippen molar-refractivity contribution in [2.45, 2.75) is 66.2 Å². The van der Waals surface area contributed by atoms with E-state index >= 15 is 0 Å². The largest absolute Gasteiger partial charge is 0.304 e. The Balaban J connectivity index is 1.68. The van der Waals surface area contributed by atoms with Gasteiger partial charge in [-0.15, -0.1) is 0 Å².